The molecule has 1 unspecified atom stereocenters. The van der Waals surface area contributed by atoms with E-state index in [-0.39, 0.29) is 6.04 Å². The third-order valence-corrected chi connectivity index (χ3v) is 3.65. The fourth-order valence-electron chi connectivity index (χ4n) is 2.41. The SMILES string of the molecule is Cc1cc(NC(C)c2ccc3c(c2)OCCO3)ccc1O. The third kappa shape index (κ3) is 2.89. The number of hydrogen-bond donors (Lipinski definition) is 2. The summed E-state index contributed by atoms with van der Waals surface area (Å²) in [6.45, 7) is 5.17. The second kappa shape index (κ2) is 5.56. The number of fused-ring (bicyclic) bond motifs is 1. The van der Waals surface area contributed by atoms with E-state index in [2.05, 4.69) is 12.2 Å². The van der Waals surface area contributed by atoms with Gasteiger partial charge in [0.25, 0.3) is 0 Å². The van der Waals surface area contributed by atoms with Crippen molar-refractivity contribution in [3.63, 3.8) is 0 Å². The van der Waals surface area contributed by atoms with Crippen LogP contribution < -0.4 is 14.8 Å². The van der Waals surface area contributed by atoms with E-state index in [1.807, 2.05) is 37.3 Å². The molecule has 1 atom stereocenters. The number of rotatable bonds is 3. The first-order chi connectivity index (χ1) is 10.1. The van der Waals surface area contributed by atoms with Crippen LogP contribution in [0.1, 0.15) is 24.1 Å². The molecule has 4 nitrogen and oxygen atoms in total. The fraction of sp³-hybridized carbons (Fsp3) is 0.294. The van der Waals surface area contributed by atoms with E-state index in [1.165, 1.54) is 0 Å². The van der Waals surface area contributed by atoms with E-state index in [0.29, 0.717) is 19.0 Å². The molecule has 0 spiro atoms. The number of aryl methyl sites for hydroxylation is 1. The van der Waals surface area contributed by atoms with E-state index in [0.717, 1.165) is 28.3 Å². The predicted octanol–water partition coefficient (Wildman–Crippen LogP) is 3.64. The van der Waals surface area contributed by atoms with Crippen LogP contribution in [-0.2, 0) is 0 Å². The van der Waals surface area contributed by atoms with Crippen molar-refractivity contribution < 1.29 is 14.6 Å². The van der Waals surface area contributed by atoms with Crippen molar-refractivity contribution in [1.29, 1.82) is 0 Å². The van der Waals surface area contributed by atoms with Gasteiger partial charge in [0.2, 0.25) is 0 Å². The molecular formula is C17H19NO3. The fourth-order valence-corrected chi connectivity index (χ4v) is 2.41. The van der Waals surface area contributed by atoms with E-state index in [1.54, 1.807) is 6.07 Å². The first-order valence-electron chi connectivity index (χ1n) is 7.09. The second-order valence-corrected chi connectivity index (χ2v) is 5.27. The van der Waals surface area contributed by atoms with Gasteiger partial charge < -0.3 is 19.9 Å². The molecule has 2 aromatic rings. The second-order valence-electron chi connectivity index (χ2n) is 5.27. The van der Waals surface area contributed by atoms with Crippen molar-refractivity contribution in [1.82, 2.24) is 0 Å². The Morgan fingerprint density at radius 1 is 1.05 bits per heavy atom. The van der Waals surface area contributed by atoms with Crippen molar-refractivity contribution in [3.05, 3.63) is 47.5 Å². The minimum atomic E-state index is 0.129. The molecule has 21 heavy (non-hydrogen) atoms. The van der Waals surface area contributed by atoms with Crippen LogP contribution >= 0.6 is 0 Å². The van der Waals surface area contributed by atoms with Crippen LogP contribution in [0.5, 0.6) is 17.2 Å². The zero-order valence-corrected chi connectivity index (χ0v) is 12.2. The van der Waals surface area contributed by atoms with E-state index in [4.69, 9.17) is 9.47 Å². The number of aromatic hydroxyl groups is 1. The molecular weight excluding hydrogens is 266 g/mol. The van der Waals surface area contributed by atoms with Gasteiger partial charge in [-0.1, -0.05) is 6.07 Å². The molecule has 0 aliphatic carbocycles. The smallest absolute Gasteiger partial charge is 0.161 e. The molecule has 1 aliphatic heterocycles. The van der Waals surface area contributed by atoms with Crippen molar-refractivity contribution in [3.8, 4) is 17.2 Å². The van der Waals surface area contributed by atoms with Crippen LogP contribution in [0, 0.1) is 6.92 Å². The Kier molecular flexibility index (Phi) is 3.60. The summed E-state index contributed by atoms with van der Waals surface area (Å²) in [5.74, 6) is 1.92. The summed E-state index contributed by atoms with van der Waals surface area (Å²) in [7, 11) is 0. The molecule has 0 fully saturated rings. The summed E-state index contributed by atoms with van der Waals surface area (Å²) in [6, 6.07) is 11.6. The summed E-state index contributed by atoms with van der Waals surface area (Å²) in [6.07, 6.45) is 0. The van der Waals surface area contributed by atoms with Gasteiger partial charge in [0.15, 0.2) is 11.5 Å². The lowest BCUT2D eigenvalue weighted by atomic mass is 10.1. The highest BCUT2D eigenvalue weighted by Gasteiger charge is 2.14. The van der Waals surface area contributed by atoms with Crippen LogP contribution in [0.15, 0.2) is 36.4 Å². The van der Waals surface area contributed by atoms with Gasteiger partial charge in [-0.2, -0.15) is 0 Å². The summed E-state index contributed by atoms with van der Waals surface area (Å²) in [5, 5.41) is 13.0. The average molecular weight is 285 g/mol. The van der Waals surface area contributed by atoms with Gasteiger partial charge in [-0.15, -0.1) is 0 Å². The Balaban J connectivity index is 1.78. The van der Waals surface area contributed by atoms with E-state index in [9.17, 15) is 5.11 Å². The van der Waals surface area contributed by atoms with E-state index < -0.39 is 0 Å². The number of nitrogens with one attached hydrogen (secondary N) is 1. The molecule has 0 radical (unpaired) electrons. The van der Waals surface area contributed by atoms with Crippen LogP contribution in [0.2, 0.25) is 0 Å². The van der Waals surface area contributed by atoms with Gasteiger partial charge in [0, 0.05) is 11.7 Å². The summed E-state index contributed by atoms with van der Waals surface area (Å²) in [4.78, 5) is 0. The minimum absolute atomic E-state index is 0.129. The number of phenols is 1. The topological polar surface area (TPSA) is 50.7 Å². The first kappa shape index (κ1) is 13.6. The van der Waals surface area contributed by atoms with Crippen molar-refractivity contribution in [2.24, 2.45) is 0 Å². The maximum absolute atomic E-state index is 9.57. The Morgan fingerprint density at radius 3 is 2.57 bits per heavy atom. The third-order valence-electron chi connectivity index (χ3n) is 3.65. The molecule has 0 aromatic heterocycles. The van der Waals surface area contributed by atoms with Crippen LogP contribution in [-0.4, -0.2) is 18.3 Å². The summed E-state index contributed by atoms with van der Waals surface area (Å²) in [5.41, 5.74) is 2.96. The van der Waals surface area contributed by atoms with Gasteiger partial charge >= 0.3 is 0 Å². The van der Waals surface area contributed by atoms with Gasteiger partial charge in [-0.25, -0.2) is 0 Å². The highest BCUT2D eigenvalue weighted by Crippen LogP contribution is 2.33. The number of ether oxygens (including phenoxy) is 2. The predicted molar refractivity (Wildman–Crippen MR) is 82.3 cm³/mol. The van der Waals surface area contributed by atoms with Crippen molar-refractivity contribution >= 4 is 5.69 Å². The van der Waals surface area contributed by atoms with Crippen LogP contribution in [0.4, 0.5) is 5.69 Å². The lowest BCUT2D eigenvalue weighted by Gasteiger charge is -2.21. The molecule has 2 aromatic carbocycles. The Labute approximate surface area is 124 Å². The molecule has 110 valence electrons. The quantitative estimate of drug-likeness (QED) is 0.845. The molecule has 1 aliphatic rings. The molecule has 0 bridgehead atoms. The maximum Gasteiger partial charge on any atom is 0.161 e. The molecule has 3 rings (SSSR count). The Hall–Kier alpha value is -2.36. The maximum atomic E-state index is 9.57. The van der Waals surface area contributed by atoms with E-state index >= 15 is 0 Å². The van der Waals surface area contributed by atoms with Crippen LogP contribution in [0.25, 0.3) is 0 Å². The van der Waals surface area contributed by atoms with Gasteiger partial charge in [0.1, 0.15) is 19.0 Å². The zero-order valence-electron chi connectivity index (χ0n) is 12.2. The first-order valence-corrected chi connectivity index (χ1v) is 7.09. The van der Waals surface area contributed by atoms with Crippen molar-refractivity contribution in [2.75, 3.05) is 18.5 Å². The van der Waals surface area contributed by atoms with Gasteiger partial charge in [0.05, 0.1) is 0 Å². The number of benzene rings is 2. The Bertz CT molecular complexity index is 654. The lowest BCUT2D eigenvalue weighted by Crippen LogP contribution is -2.16. The molecule has 0 saturated carbocycles. The summed E-state index contributed by atoms with van der Waals surface area (Å²) < 4.78 is 11.1. The zero-order chi connectivity index (χ0) is 14.8. The van der Waals surface area contributed by atoms with Crippen molar-refractivity contribution in [2.45, 2.75) is 19.9 Å². The summed E-state index contributed by atoms with van der Waals surface area (Å²) >= 11 is 0. The monoisotopic (exact) mass is 285 g/mol. The molecule has 0 amide bonds. The minimum Gasteiger partial charge on any atom is -0.508 e. The molecule has 1 heterocycles. The average Bonchev–Trinajstić information content (AvgIpc) is 2.50. The molecule has 0 saturated heterocycles. The highest BCUT2D eigenvalue weighted by atomic mass is 16.6. The number of phenolic OH excluding ortho intramolecular Hbond substituents is 1. The number of anilines is 1. The Morgan fingerprint density at radius 2 is 1.81 bits per heavy atom. The van der Waals surface area contributed by atoms with Gasteiger partial charge in [-0.3, -0.25) is 0 Å². The van der Waals surface area contributed by atoms with Crippen LogP contribution in [0.3, 0.4) is 0 Å². The number of hydrogen-bond acceptors (Lipinski definition) is 4. The molecule has 2 N–H and O–H groups in total. The van der Waals surface area contributed by atoms with Gasteiger partial charge in [-0.05, 0) is 55.3 Å². The normalized spacial score (nSPS) is 14.6. The highest BCUT2D eigenvalue weighted by molar-refractivity contribution is 5.52. The largest absolute Gasteiger partial charge is 0.508 e. The standard InChI is InChI=1S/C17H19NO3/c1-11-9-14(4-5-15(11)19)18-12(2)13-3-6-16-17(10-13)21-8-7-20-16/h3-6,9-10,12,18-19H,7-8H2,1-2H3. The molecule has 4 heteroatoms. The lowest BCUT2D eigenvalue weighted by molar-refractivity contribution is 0.171.